The minimum Gasteiger partial charge on any atom is -0.388 e. The highest BCUT2D eigenvalue weighted by atomic mass is 16.3. The maximum Gasteiger partial charge on any atom is 0.0799 e. The predicted octanol–water partition coefficient (Wildman–Crippen LogP) is 4.73. The lowest BCUT2D eigenvalue weighted by Crippen LogP contribution is -2.13. The number of pyridine rings is 1. The van der Waals surface area contributed by atoms with Gasteiger partial charge in [0.25, 0.3) is 0 Å². The van der Waals surface area contributed by atoms with Crippen LogP contribution >= 0.6 is 0 Å². The topological polar surface area (TPSA) is 33.1 Å². The lowest BCUT2D eigenvalue weighted by Gasteiger charge is -2.25. The third-order valence-electron chi connectivity index (χ3n) is 3.62. The van der Waals surface area contributed by atoms with Gasteiger partial charge in [-0.3, -0.25) is 4.98 Å². The van der Waals surface area contributed by atoms with Crippen molar-refractivity contribution in [1.82, 2.24) is 4.98 Å². The number of hydrogen-bond donors (Lipinski definition) is 1. The van der Waals surface area contributed by atoms with E-state index in [1.807, 2.05) is 30.3 Å². The van der Waals surface area contributed by atoms with E-state index < -0.39 is 6.10 Å². The predicted molar refractivity (Wildman–Crippen MR) is 84.6 cm³/mol. The third-order valence-corrected chi connectivity index (χ3v) is 3.62. The summed E-state index contributed by atoms with van der Waals surface area (Å²) in [6.45, 7) is 8.96. The molecule has 0 saturated heterocycles. The molecular formula is C18H25NO. The minimum absolute atomic E-state index is 0.305. The normalized spacial score (nSPS) is 15.2. The van der Waals surface area contributed by atoms with Gasteiger partial charge in [0.2, 0.25) is 0 Å². The highest BCUT2D eigenvalue weighted by Gasteiger charge is 2.20. The fourth-order valence-electron chi connectivity index (χ4n) is 3.05. The Morgan fingerprint density at radius 1 is 1.15 bits per heavy atom. The van der Waals surface area contributed by atoms with E-state index in [4.69, 9.17) is 0 Å². The van der Waals surface area contributed by atoms with Crippen molar-refractivity contribution >= 4 is 10.9 Å². The Hall–Kier alpha value is -1.41. The number of aliphatic hydroxyl groups excluding tert-OH is 1. The lowest BCUT2D eigenvalue weighted by atomic mass is 9.82. The number of benzene rings is 1. The summed E-state index contributed by atoms with van der Waals surface area (Å²) in [6.07, 6.45) is 3.29. The molecule has 1 heterocycles. The van der Waals surface area contributed by atoms with E-state index in [9.17, 15) is 5.11 Å². The van der Waals surface area contributed by atoms with Crippen molar-refractivity contribution in [2.45, 2.75) is 46.6 Å². The van der Waals surface area contributed by atoms with E-state index in [0.29, 0.717) is 11.3 Å². The number of aliphatic hydroxyl groups is 1. The summed E-state index contributed by atoms with van der Waals surface area (Å²) < 4.78 is 0. The molecule has 0 saturated carbocycles. The van der Waals surface area contributed by atoms with Crippen LogP contribution < -0.4 is 0 Å². The van der Waals surface area contributed by atoms with Gasteiger partial charge in [0.15, 0.2) is 0 Å². The number of nitrogens with zero attached hydrogens (tertiary/aromatic N) is 1. The van der Waals surface area contributed by atoms with Crippen molar-refractivity contribution in [3.63, 3.8) is 0 Å². The van der Waals surface area contributed by atoms with Gasteiger partial charge in [0, 0.05) is 11.6 Å². The second kappa shape index (κ2) is 5.92. The molecule has 0 aliphatic carbocycles. The summed E-state index contributed by atoms with van der Waals surface area (Å²) in [5.41, 5.74) is 2.25. The van der Waals surface area contributed by atoms with Gasteiger partial charge >= 0.3 is 0 Å². The molecule has 1 N–H and O–H groups in total. The number of aromatic nitrogens is 1. The molecule has 0 aliphatic rings. The molecule has 2 nitrogen and oxygen atoms in total. The largest absolute Gasteiger partial charge is 0.388 e. The van der Waals surface area contributed by atoms with E-state index in [1.54, 1.807) is 6.20 Å². The van der Waals surface area contributed by atoms with Gasteiger partial charge in [0.1, 0.15) is 0 Å². The van der Waals surface area contributed by atoms with Crippen molar-refractivity contribution in [3.8, 4) is 0 Å². The lowest BCUT2D eigenvalue weighted by molar-refractivity contribution is 0.135. The monoisotopic (exact) mass is 271 g/mol. The Morgan fingerprint density at radius 2 is 1.90 bits per heavy atom. The van der Waals surface area contributed by atoms with Gasteiger partial charge in [-0.1, -0.05) is 45.9 Å². The Bertz CT molecular complexity index is 566. The van der Waals surface area contributed by atoms with Crippen LogP contribution in [0.4, 0.5) is 0 Å². The molecule has 20 heavy (non-hydrogen) atoms. The maximum atomic E-state index is 10.6. The molecule has 0 fully saturated rings. The van der Waals surface area contributed by atoms with Gasteiger partial charge in [-0.15, -0.1) is 0 Å². The van der Waals surface area contributed by atoms with Crippen LogP contribution in [0.25, 0.3) is 10.9 Å². The standard InChI is InChI=1S/C18H25NO/c1-13(12-18(2,3)4)11-17(20)15-7-5-9-16-14(15)8-6-10-19-16/h5-10,13,17,20H,11-12H2,1-4H3. The maximum absolute atomic E-state index is 10.6. The van der Waals surface area contributed by atoms with Gasteiger partial charge < -0.3 is 5.11 Å². The zero-order valence-electron chi connectivity index (χ0n) is 12.9. The molecule has 0 bridgehead atoms. The van der Waals surface area contributed by atoms with Crippen molar-refractivity contribution in [3.05, 3.63) is 42.1 Å². The SMILES string of the molecule is CC(CC(O)c1cccc2ncccc12)CC(C)(C)C. The zero-order valence-corrected chi connectivity index (χ0v) is 12.9. The Labute approximate surface area is 121 Å². The van der Waals surface area contributed by atoms with Crippen LogP contribution in [0, 0.1) is 11.3 Å². The Kier molecular flexibility index (Phi) is 4.44. The van der Waals surface area contributed by atoms with Crippen LogP contribution in [-0.4, -0.2) is 10.1 Å². The highest BCUT2D eigenvalue weighted by molar-refractivity contribution is 5.82. The van der Waals surface area contributed by atoms with Gasteiger partial charge in [0.05, 0.1) is 11.6 Å². The first-order chi connectivity index (χ1) is 9.37. The Morgan fingerprint density at radius 3 is 2.60 bits per heavy atom. The minimum atomic E-state index is -0.416. The molecular weight excluding hydrogens is 246 g/mol. The van der Waals surface area contributed by atoms with Crippen molar-refractivity contribution in [2.24, 2.45) is 11.3 Å². The molecule has 1 aromatic carbocycles. The summed E-state index contributed by atoms with van der Waals surface area (Å²) in [4.78, 5) is 4.35. The zero-order chi connectivity index (χ0) is 14.8. The van der Waals surface area contributed by atoms with Crippen LogP contribution in [0.3, 0.4) is 0 Å². The van der Waals surface area contributed by atoms with Crippen LogP contribution in [0.15, 0.2) is 36.5 Å². The molecule has 2 atom stereocenters. The van der Waals surface area contributed by atoms with Crippen LogP contribution in [0.1, 0.15) is 52.2 Å². The summed E-state index contributed by atoms with van der Waals surface area (Å²) in [7, 11) is 0. The van der Waals surface area contributed by atoms with E-state index in [1.165, 1.54) is 0 Å². The third kappa shape index (κ3) is 3.80. The van der Waals surface area contributed by atoms with Crippen LogP contribution in [0.2, 0.25) is 0 Å². The summed E-state index contributed by atoms with van der Waals surface area (Å²) in [6, 6.07) is 9.94. The van der Waals surface area contributed by atoms with Crippen molar-refractivity contribution < 1.29 is 5.11 Å². The average molecular weight is 271 g/mol. The first-order valence-electron chi connectivity index (χ1n) is 7.38. The van der Waals surface area contributed by atoms with Gasteiger partial charge in [-0.05, 0) is 41.9 Å². The first-order valence-corrected chi connectivity index (χ1v) is 7.38. The molecule has 2 heteroatoms. The molecule has 0 amide bonds. The van der Waals surface area contributed by atoms with Crippen LogP contribution in [0.5, 0.6) is 0 Å². The average Bonchev–Trinajstić information content (AvgIpc) is 2.35. The Balaban J connectivity index is 2.17. The van der Waals surface area contributed by atoms with Gasteiger partial charge in [-0.25, -0.2) is 0 Å². The summed E-state index contributed by atoms with van der Waals surface area (Å²) >= 11 is 0. The van der Waals surface area contributed by atoms with Crippen molar-refractivity contribution in [1.29, 1.82) is 0 Å². The first kappa shape index (κ1) is 15.0. The molecule has 2 aromatic rings. The van der Waals surface area contributed by atoms with E-state index in [-0.39, 0.29) is 0 Å². The van der Waals surface area contributed by atoms with E-state index in [2.05, 4.69) is 32.7 Å². The number of fused-ring (bicyclic) bond motifs is 1. The molecule has 0 aliphatic heterocycles. The molecule has 0 spiro atoms. The second-order valence-corrected chi connectivity index (χ2v) is 7.04. The summed E-state index contributed by atoms with van der Waals surface area (Å²) in [5.74, 6) is 0.497. The second-order valence-electron chi connectivity index (χ2n) is 7.04. The number of rotatable bonds is 4. The number of hydrogen-bond acceptors (Lipinski definition) is 2. The van der Waals surface area contributed by atoms with Crippen LogP contribution in [-0.2, 0) is 0 Å². The van der Waals surface area contributed by atoms with E-state index >= 15 is 0 Å². The molecule has 2 rings (SSSR count). The quantitative estimate of drug-likeness (QED) is 0.872. The van der Waals surface area contributed by atoms with Crippen molar-refractivity contribution in [2.75, 3.05) is 0 Å². The highest BCUT2D eigenvalue weighted by Crippen LogP contribution is 2.32. The van der Waals surface area contributed by atoms with E-state index in [0.717, 1.165) is 29.3 Å². The molecule has 2 unspecified atom stereocenters. The van der Waals surface area contributed by atoms with Gasteiger partial charge in [-0.2, -0.15) is 0 Å². The summed E-state index contributed by atoms with van der Waals surface area (Å²) in [5, 5.41) is 11.6. The molecule has 108 valence electrons. The fraction of sp³-hybridized carbons (Fsp3) is 0.500. The smallest absolute Gasteiger partial charge is 0.0799 e. The fourth-order valence-corrected chi connectivity index (χ4v) is 3.05. The molecule has 0 radical (unpaired) electrons. The molecule has 1 aromatic heterocycles.